The Labute approximate surface area is 141 Å². The topological polar surface area (TPSA) is 57.6 Å². The SMILES string of the molecule is CCCCCCN1C(=O)C(O)=C(C(C)=O)[C@H]1c1ccc(Cl)cc1. The summed E-state index contributed by atoms with van der Waals surface area (Å²) < 4.78 is 0. The van der Waals surface area contributed by atoms with E-state index in [1.165, 1.54) is 6.92 Å². The van der Waals surface area contributed by atoms with E-state index in [-0.39, 0.29) is 11.4 Å². The van der Waals surface area contributed by atoms with Crippen LogP contribution in [0.3, 0.4) is 0 Å². The highest BCUT2D eigenvalue weighted by Crippen LogP contribution is 2.38. The molecule has 0 aliphatic carbocycles. The van der Waals surface area contributed by atoms with E-state index >= 15 is 0 Å². The minimum Gasteiger partial charge on any atom is -0.503 e. The fourth-order valence-electron chi connectivity index (χ4n) is 2.94. The number of carbonyl (C=O) groups excluding carboxylic acids is 2. The lowest BCUT2D eigenvalue weighted by molar-refractivity contribution is -0.129. The number of amides is 1. The number of hydrogen-bond donors (Lipinski definition) is 1. The molecule has 4 nitrogen and oxygen atoms in total. The van der Waals surface area contributed by atoms with Gasteiger partial charge in [-0.25, -0.2) is 0 Å². The van der Waals surface area contributed by atoms with Gasteiger partial charge in [0, 0.05) is 11.6 Å². The molecule has 124 valence electrons. The molecule has 0 fully saturated rings. The number of carbonyl (C=O) groups is 2. The first-order chi connectivity index (χ1) is 11.0. The Morgan fingerprint density at radius 2 is 1.87 bits per heavy atom. The molecule has 0 radical (unpaired) electrons. The number of Topliss-reactive ketones (excluding diaryl/α,β-unsaturated/α-hetero) is 1. The zero-order chi connectivity index (χ0) is 17.0. The van der Waals surface area contributed by atoms with Crippen LogP contribution in [0.4, 0.5) is 0 Å². The Balaban J connectivity index is 2.31. The van der Waals surface area contributed by atoms with Crippen LogP contribution < -0.4 is 0 Å². The van der Waals surface area contributed by atoms with Crippen molar-refractivity contribution in [3.63, 3.8) is 0 Å². The average molecular weight is 336 g/mol. The number of aliphatic hydroxyl groups excluding tert-OH is 1. The van der Waals surface area contributed by atoms with Gasteiger partial charge in [-0.1, -0.05) is 49.9 Å². The minimum atomic E-state index is -0.529. The van der Waals surface area contributed by atoms with Gasteiger partial charge in [0.25, 0.3) is 5.91 Å². The van der Waals surface area contributed by atoms with E-state index in [2.05, 4.69) is 6.92 Å². The summed E-state index contributed by atoms with van der Waals surface area (Å²) in [5.74, 6) is -1.17. The Hall–Kier alpha value is -1.81. The van der Waals surface area contributed by atoms with Gasteiger partial charge in [0.05, 0.1) is 11.6 Å². The van der Waals surface area contributed by atoms with Crippen molar-refractivity contribution in [2.75, 3.05) is 6.54 Å². The molecule has 0 saturated carbocycles. The molecule has 1 heterocycles. The van der Waals surface area contributed by atoms with Crippen LogP contribution in [0.25, 0.3) is 0 Å². The van der Waals surface area contributed by atoms with Crippen molar-refractivity contribution in [2.45, 2.75) is 45.6 Å². The molecular formula is C18H22ClNO3. The highest BCUT2D eigenvalue weighted by atomic mass is 35.5. The Morgan fingerprint density at radius 3 is 2.43 bits per heavy atom. The van der Waals surface area contributed by atoms with E-state index in [1.807, 2.05) is 0 Å². The van der Waals surface area contributed by atoms with Crippen LogP contribution in [0.5, 0.6) is 0 Å². The summed E-state index contributed by atoms with van der Waals surface area (Å²) in [6, 6.07) is 6.51. The third-order valence-electron chi connectivity index (χ3n) is 4.12. The normalized spacial score (nSPS) is 18.0. The number of rotatable bonds is 7. The van der Waals surface area contributed by atoms with E-state index in [0.717, 1.165) is 31.2 Å². The molecule has 1 aromatic carbocycles. The lowest BCUT2D eigenvalue weighted by Gasteiger charge is -2.26. The fraction of sp³-hybridized carbons (Fsp3) is 0.444. The molecule has 0 aromatic heterocycles. The standard InChI is InChI=1S/C18H22ClNO3/c1-3-4-5-6-11-20-16(13-7-9-14(19)10-8-13)15(12(2)21)17(22)18(20)23/h7-10,16,22H,3-6,11H2,1-2H3/t16-/m1/s1. The number of benzene rings is 1. The highest BCUT2D eigenvalue weighted by Gasteiger charge is 2.41. The molecule has 23 heavy (non-hydrogen) atoms. The molecule has 5 heteroatoms. The summed E-state index contributed by atoms with van der Waals surface area (Å²) in [7, 11) is 0. The van der Waals surface area contributed by atoms with Crippen LogP contribution >= 0.6 is 11.6 Å². The maximum absolute atomic E-state index is 12.4. The first-order valence-electron chi connectivity index (χ1n) is 7.97. The van der Waals surface area contributed by atoms with Crippen molar-refractivity contribution >= 4 is 23.3 Å². The van der Waals surface area contributed by atoms with Crippen LogP contribution in [0.1, 0.15) is 51.1 Å². The summed E-state index contributed by atoms with van der Waals surface area (Å²) in [4.78, 5) is 25.9. The maximum atomic E-state index is 12.4. The van der Waals surface area contributed by atoms with Crippen molar-refractivity contribution in [1.29, 1.82) is 0 Å². The number of unbranched alkanes of at least 4 members (excludes halogenated alkanes) is 3. The Bertz CT molecular complexity index is 622. The van der Waals surface area contributed by atoms with E-state index < -0.39 is 17.7 Å². The summed E-state index contributed by atoms with van der Waals surface area (Å²) in [6.07, 6.45) is 4.08. The molecule has 0 saturated heterocycles. The van der Waals surface area contributed by atoms with E-state index in [4.69, 9.17) is 11.6 Å². The van der Waals surface area contributed by atoms with Gasteiger partial charge >= 0.3 is 0 Å². The average Bonchev–Trinajstić information content (AvgIpc) is 2.77. The summed E-state index contributed by atoms with van der Waals surface area (Å²) in [5.41, 5.74) is 0.959. The molecule has 1 aromatic rings. The predicted octanol–water partition coefficient (Wildman–Crippen LogP) is 4.20. The molecule has 1 amide bonds. The fourth-order valence-corrected chi connectivity index (χ4v) is 3.07. The van der Waals surface area contributed by atoms with E-state index in [1.54, 1.807) is 29.2 Å². The van der Waals surface area contributed by atoms with Crippen LogP contribution in [-0.4, -0.2) is 28.2 Å². The third-order valence-corrected chi connectivity index (χ3v) is 4.37. The molecule has 0 unspecified atom stereocenters. The minimum absolute atomic E-state index is 0.174. The lowest BCUT2D eigenvalue weighted by Crippen LogP contribution is -2.32. The number of aliphatic hydroxyl groups is 1. The van der Waals surface area contributed by atoms with Crippen molar-refractivity contribution in [2.24, 2.45) is 0 Å². The van der Waals surface area contributed by atoms with E-state index in [9.17, 15) is 14.7 Å². The van der Waals surface area contributed by atoms with Crippen LogP contribution in [0.15, 0.2) is 35.6 Å². The Morgan fingerprint density at radius 1 is 1.22 bits per heavy atom. The largest absolute Gasteiger partial charge is 0.503 e. The number of ketones is 1. The zero-order valence-corrected chi connectivity index (χ0v) is 14.3. The summed E-state index contributed by atoms with van der Waals surface area (Å²) in [5, 5.41) is 10.7. The van der Waals surface area contributed by atoms with Gasteiger partial charge in [0.2, 0.25) is 0 Å². The van der Waals surface area contributed by atoms with Gasteiger partial charge in [-0.3, -0.25) is 9.59 Å². The maximum Gasteiger partial charge on any atom is 0.290 e. The van der Waals surface area contributed by atoms with Gasteiger partial charge in [-0.2, -0.15) is 0 Å². The number of halogens is 1. The molecule has 1 aliphatic rings. The van der Waals surface area contributed by atoms with Crippen LogP contribution in [0, 0.1) is 0 Å². The number of nitrogens with zero attached hydrogens (tertiary/aromatic N) is 1. The zero-order valence-electron chi connectivity index (χ0n) is 13.5. The predicted molar refractivity (Wildman–Crippen MR) is 90.4 cm³/mol. The smallest absolute Gasteiger partial charge is 0.290 e. The summed E-state index contributed by atoms with van der Waals surface area (Å²) >= 11 is 5.92. The first kappa shape index (κ1) is 17.5. The lowest BCUT2D eigenvalue weighted by atomic mass is 9.96. The quantitative estimate of drug-likeness (QED) is 0.759. The number of hydrogen-bond acceptors (Lipinski definition) is 3. The van der Waals surface area contributed by atoms with Crippen molar-refractivity contribution < 1.29 is 14.7 Å². The van der Waals surface area contributed by atoms with Crippen molar-refractivity contribution in [1.82, 2.24) is 4.90 Å². The highest BCUT2D eigenvalue weighted by molar-refractivity contribution is 6.30. The van der Waals surface area contributed by atoms with Crippen LogP contribution in [-0.2, 0) is 9.59 Å². The van der Waals surface area contributed by atoms with Crippen LogP contribution in [0.2, 0.25) is 5.02 Å². The van der Waals surface area contributed by atoms with Gasteiger partial charge in [0.1, 0.15) is 0 Å². The van der Waals surface area contributed by atoms with Crippen molar-refractivity contribution in [3.8, 4) is 0 Å². The summed E-state index contributed by atoms with van der Waals surface area (Å²) in [6.45, 7) is 4.02. The van der Waals surface area contributed by atoms with Gasteiger partial charge in [0.15, 0.2) is 11.5 Å². The molecule has 2 rings (SSSR count). The third kappa shape index (κ3) is 3.75. The van der Waals surface area contributed by atoms with Gasteiger partial charge < -0.3 is 10.0 Å². The van der Waals surface area contributed by atoms with Gasteiger partial charge in [-0.15, -0.1) is 0 Å². The first-order valence-corrected chi connectivity index (χ1v) is 8.35. The van der Waals surface area contributed by atoms with Gasteiger partial charge in [-0.05, 0) is 31.0 Å². The van der Waals surface area contributed by atoms with Crippen molar-refractivity contribution in [3.05, 3.63) is 46.2 Å². The molecule has 0 spiro atoms. The molecule has 1 aliphatic heterocycles. The second kappa shape index (κ2) is 7.64. The second-order valence-electron chi connectivity index (χ2n) is 5.83. The molecular weight excluding hydrogens is 314 g/mol. The molecule has 1 atom stereocenters. The van der Waals surface area contributed by atoms with E-state index in [0.29, 0.717) is 11.6 Å². The monoisotopic (exact) mass is 335 g/mol. The Kier molecular flexibility index (Phi) is 5.83. The molecule has 1 N–H and O–H groups in total. The second-order valence-corrected chi connectivity index (χ2v) is 6.27. The molecule has 0 bridgehead atoms.